The summed E-state index contributed by atoms with van der Waals surface area (Å²) in [5.41, 5.74) is 1.34. The van der Waals surface area contributed by atoms with Crippen LogP contribution in [0, 0.1) is 5.41 Å². The zero-order chi connectivity index (χ0) is 19.2. The predicted octanol–water partition coefficient (Wildman–Crippen LogP) is 5.88. The van der Waals surface area contributed by atoms with Crippen LogP contribution in [0.25, 0.3) is 0 Å². The van der Waals surface area contributed by atoms with Gasteiger partial charge in [0.1, 0.15) is 5.76 Å². The van der Waals surface area contributed by atoms with Crippen LogP contribution in [0.2, 0.25) is 10.0 Å². The Morgan fingerprint density at radius 1 is 1.00 bits per heavy atom. The van der Waals surface area contributed by atoms with Crippen molar-refractivity contribution < 1.29 is 14.3 Å². The van der Waals surface area contributed by atoms with Gasteiger partial charge in [-0.25, -0.2) is 4.79 Å². The van der Waals surface area contributed by atoms with Crippen LogP contribution in [-0.2, 0) is 19.9 Å². The van der Waals surface area contributed by atoms with E-state index in [-0.39, 0.29) is 5.97 Å². The first-order valence-corrected chi connectivity index (χ1v) is 9.80. The number of carbonyl (C=O) groups is 1. The molecule has 4 rings (SSSR count). The normalized spacial score (nSPS) is 19.1. The van der Waals surface area contributed by atoms with Crippen molar-refractivity contribution >= 4 is 29.2 Å². The van der Waals surface area contributed by atoms with E-state index in [0.717, 1.165) is 24.0 Å². The molecule has 0 radical (unpaired) electrons. The second kappa shape index (κ2) is 6.57. The highest BCUT2D eigenvalue weighted by Crippen LogP contribution is 2.71. The highest BCUT2D eigenvalue weighted by Gasteiger charge is 2.70. The Labute approximate surface area is 168 Å². The molecule has 0 amide bonds. The van der Waals surface area contributed by atoms with Crippen molar-refractivity contribution in [3.63, 3.8) is 0 Å². The zero-order valence-corrected chi connectivity index (χ0v) is 16.7. The number of allylic oxidation sites excluding steroid dienone is 1. The molecule has 0 saturated heterocycles. The van der Waals surface area contributed by atoms with Crippen molar-refractivity contribution in [3.05, 3.63) is 81.0 Å². The Hall–Kier alpha value is -1.97. The van der Waals surface area contributed by atoms with Crippen LogP contribution < -0.4 is 0 Å². The van der Waals surface area contributed by atoms with E-state index in [1.54, 1.807) is 0 Å². The number of benzene rings is 2. The van der Waals surface area contributed by atoms with Crippen molar-refractivity contribution in [2.75, 3.05) is 6.61 Å². The number of halogens is 2. The quantitative estimate of drug-likeness (QED) is 0.598. The monoisotopic (exact) mass is 402 g/mol. The van der Waals surface area contributed by atoms with Crippen molar-refractivity contribution in [1.82, 2.24) is 0 Å². The lowest BCUT2D eigenvalue weighted by molar-refractivity contribution is -0.139. The molecule has 5 heteroatoms. The van der Waals surface area contributed by atoms with E-state index >= 15 is 0 Å². The van der Waals surface area contributed by atoms with Gasteiger partial charge >= 0.3 is 5.97 Å². The standard InChI is InChI=1S/C22H20Cl2O3/c1-3-26-20(25)19-14(2)27-22(21(19)12-13-21,15-4-8-17(23)9-5-15)16-6-10-18(24)11-7-16/h4-11H,3,12-13H2,1-2H3. The molecule has 0 bridgehead atoms. The molecule has 2 aromatic rings. The van der Waals surface area contributed by atoms with Gasteiger partial charge in [0.25, 0.3) is 0 Å². The number of hydrogen-bond donors (Lipinski definition) is 0. The first kappa shape index (κ1) is 18.4. The second-order valence-electron chi connectivity index (χ2n) is 7.03. The lowest BCUT2D eigenvalue weighted by atomic mass is 9.71. The van der Waals surface area contributed by atoms with Crippen molar-refractivity contribution in [3.8, 4) is 0 Å². The van der Waals surface area contributed by atoms with Gasteiger partial charge < -0.3 is 9.47 Å². The summed E-state index contributed by atoms with van der Waals surface area (Å²) in [6.07, 6.45) is 1.70. The van der Waals surface area contributed by atoms with Gasteiger partial charge in [0.15, 0.2) is 5.60 Å². The Bertz CT molecular complexity index is 864. The molecule has 3 nitrogen and oxygen atoms in total. The van der Waals surface area contributed by atoms with Gasteiger partial charge in [-0.2, -0.15) is 0 Å². The van der Waals surface area contributed by atoms with Gasteiger partial charge in [-0.15, -0.1) is 0 Å². The molecule has 1 aliphatic heterocycles. The van der Waals surface area contributed by atoms with Crippen LogP contribution in [0.4, 0.5) is 0 Å². The molecule has 1 spiro atoms. The van der Waals surface area contributed by atoms with Gasteiger partial charge in [-0.3, -0.25) is 0 Å². The van der Waals surface area contributed by atoms with E-state index in [4.69, 9.17) is 32.7 Å². The maximum Gasteiger partial charge on any atom is 0.338 e. The largest absolute Gasteiger partial charge is 0.481 e. The lowest BCUT2D eigenvalue weighted by Gasteiger charge is -2.37. The van der Waals surface area contributed by atoms with Crippen LogP contribution in [0.15, 0.2) is 59.9 Å². The number of hydrogen-bond acceptors (Lipinski definition) is 3. The van der Waals surface area contributed by atoms with Crippen LogP contribution in [0.5, 0.6) is 0 Å². The Kier molecular flexibility index (Phi) is 4.48. The van der Waals surface area contributed by atoms with E-state index in [1.807, 2.05) is 62.4 Å². The summed E-state index contributed by atoms with van der Waals surface area (Å²) in [5.74, 6) is 0.327. The average Bonchev–Trinajstić information content (AvgIpc) is 3.38. The molecule has 1 aliphatic carbocycles. The van der Waals surface area contributed by atoms with Crippen molar-refractivity contribution in [2.24, 2.45) is 5.41 Å². The maximum absolute atomic E-state index is 12.8. The van der Waals surface area contributed by atoms with E-state index < -0.39 is 11.0 Å². The molecule has 0 aromatic heterocycles. The molecule has 0 atom stereocenters. The first-order chi connectivity index (χ1) is 12.9. The fraction of sp³-hybridized carbons (Fsp3) is 0.318. The van der Waals surface area contributed by atoms with Gasteiger partial charge in [-0.1, -0.05) is 47.5 Å². The van der Waals surface area contributed by atoms with Gasteiger partial charge in [0, 0.05) is 21.2 Å². The van der Waals surface area contributed by atoms with Gasteiger partial charge in [0.2, 0.25) is 0 Å². The molecule has 1 heterocycles. The predicted molar refractivity (Wildman–Crippen MR) is 106 cm³/mol. The summed E-state index contributed by atoms with van der Waals surface area (Å²) >= 11 is 12.2. The van der Waals surface area contributed by atoms with Crippen LogP contribution in [0.1, 0.15) is 37.8 Å². The summed E-state index contributed by atoms with van der Waals surface area (Å²) in [5, 5.41) is 1.31. The summed E-state index contributed by atoms with van der Waals surface area (Å²) < 4.78 is 11.9. The fourth-order valence-corrected chi connectivity index (χ4v) is 4.62. The van der Waals surface area contributed by atoms with E-state index in [0.29, 0.717) is 28.0 Å². The lowest BCUT2D eigenvalue weighted by Crippen LogP contribution is -2.38. The van der Waals surface area contributed by atoms with Crippen LogP contribution in [-0.4, -0.2) is 12.6 Å². The third kappa shape index (κ3) is 2.67. The smallest absolute Gasteiger partial charge is 0.338 e. The summed E-state index contributed by atoms with van der Waals surface area (Å²) in [6, 6.07) is 15.3. The molecular weight excluding hydrogens is 383 g/mol. The third-order valence-electron chi connectivity index (χ3n) is 5.54. The van der Waals surface area contributed by atoms with E-state index in [9.17, 15) is 4.79 Å². The average molecular weight is 403 g/mol. The summed E-state index contributed by atoms with van der Waals surface area (Å²) in [6.45, 7) is 4.00. The minimum atomic E-state index is -0.797. The zero-order valence-electron chi connectivity index (χ0n) is 15.2. The second-order valence-corrected chi connectivity index (χ2v) is 7.90. The van der Waals surface area contributed by atoms with Crippen molar-refractivity contribution in [1.29, 1.82) is 0 Å². The van der Waals surface area contributed by atoms with Gasteiger partial charge in [-0.05, 0) is 51.0 Å². The van der Waals surface area contributed by atoms with Crippen molar-refractivity contribution in [2.45, 2.75) is 32.3 Å². The summed E-state index contributed by atoms with van der Waals surface area (Å²) in [4.78, 5) is 12.8. The van der Waals surface area contributed by atoms with E-state index in [2.05, 4.69) is 0 Å². The number of esters is 1. The van der Waals surface area contributed by atoms with Crippen LogP contribution in [0.3, 0.4) is 0 Å². The molecule has 140 valence electrons. The molecule has 0 unspecified atom stereocenters. The minimum Gasteiger partial charge on any atom is -0.481 e. The van der Waals surface area contributed by atoms with Crippen LogP contribution >= 0.6 is 23.2 Å². The first-order valence-electron chi connectivity index (χ1n) is 9.04. The molecule has 2 aliphatic rings. The van der Waals surface area contributed by atoms with Gasteiger partial charge in [0.05, 0.1) is 17.6 Å². The highest BCUT2D eigenvalue weighted by molar-refractivity contribution is 6.30. The number of carbonyl (C=O) groups excluding carboxylic acids is 1. The minimum absolute atomic E-state index is 0.294. The maximum atomic E-state index is 12.8. The Morgan fingerprint density at radius 3 is 1.89 bits per heavy atom. The molecule has 1 saturated carbocycles. The third-order valence-corrected chi connectivity index (χ3v) is 6.05. The Balaban J connectivity index is 1.92. The van der Waals surface area contributed by atoms with E-state index in [1.165, 1.54) is 0 Å². The topological polar surface area (TPSA) is 35.5 Å². The fourth-order valence-electron chi connectivity index (χ4n) is 4.37. The number of ether oxygens (including phenoxy) is 2. The molecule has 2 aromatic carbocycles. The molecule has 0 N–H and O–H groups in total. The molecule has 1 fully saturated rings. The molecule has 27 heavy (non-hydrogen) atoms. The Morgan fingerprint density at radius 2 is 1.48 bits per heavy atom. The highest BCUT2D eigenvalue weighted by atomic mass is 35.5. The summed E-state index contributed by atoms with van der Waals surface area (Å²) in [7, 11) is 0. The SMILES string of the molecule is CCOC(=O)C1=C(C)OC(c2ccc(Cl)cc2)(c2ccc(Cl)cc2)C12CC2. The number of rotatable bonds is 4. The molecular formula is C22H20Cl2O3.